The van der Waals surface area contributed by atoms with Crippen LogP contribution in [-0.2, 0) is 9.53 Å². The van der Waals surface area contributed by atoms with E-state index in [9.17, 15) is 24.5 Å². The van der Waals surface area contributed by atoms with Crippen molar-refractivity contribution >= 4 is 40.9 Å². The predicted molar refractivity (Wildman–Crippen MR) is 96.6 cm³/mol. The summed E-state index contributed by atoms with van der Waals surface area (Å²) in [6.45, 7) is 1.26. The number of esters is 1. The van der Waals surface area contributed by atoms with Crippen LogP contribution in [0, 0.1) is 10.1 Å². The van der Waals surface area contributed by atoms with Gasteiger partial charge in [0.25, 0.3) is 11.6 Å². The number of nitrogens with zero attached hydrogens (tertiary/aromatic N) is 1. The molecule has 0 spiro atoms. The predicted octanol–water partition coefficient (Wildman–Crippen LogP) is 3.14. The van der Waals surface area contributed by atoms with E-state index in [2.05, 4.69) is 5.32 Å². The molecule has 0 saturated heterocycles. The van der Waals surface area contributed by atoms with Gasteiger partial charge >= 0.3 is 12.0 Å². The standard InChI is InChI=1S/C17H14ClN3O6/c1-10(15(22)20-17(24)19-12-5-3-2-4-6-12)27-16(23)11-7-8-13(18)14(9-11)21(25)26/h2-10H,1H3,(H2,19,20,22,24). The van der Waals surface area contributed by atoms with Crippen molar-refractivity contribution in [1.82, 2.24) is 5.32 Å². The molecule has 1 unspecified atom stereocenters. The van der Waals surface area contributed by atoms with E-state index < -0.39 is 34.6 Å². The summed E-state index contributed by atoms with van der Waals surface area (Å²) in [5, 5.41) is 15.2. The second-order valence-corrected chi connectivity index (χ2v) is 5.69. The molecular formula is C17H14ClN3O6. The van der Waals surface area contributed by atoms with Gasteiger partial charge in [-0.2, -0.15) is 0 Å². The van der Waals surface area contributed by atoms with E-state index in [4.69, 9.17) is 16.3 Å². The molecule has 2 rings (SSSR count). The number of imide groups is 1. The van der Waals surface area contributed by atoms with Crippen LogP contribution < -0.4 is 10.6 Å². The number of ether oxygens (including phenoxy) is 1. The van der Waals surface area contributed by atoms with Crippen molar-refractivity contribution in [1.29, 1.82) is 0 Å². The molecule has 140 valence electrons. The number of carbonyl (C=O) groups is 3. The molecule has 0 aliphatic heterocycles. The highest BCUT2D eigenvalue weighted by molar-refractivity contribution is 6.32. The summed E-state index contributed by atoms with van der Waals surface area (Å²) in [4.78, 5) is 45.9. The Morgan fingerprint density at radius 2 is 1.81 bits per heavy atom. The number of anilines is 1. The highest BCUT2D eigenvalue weighted by Gasteiger charge is 2.23. The van der Waals surface area contributed by atoms with E-state index in [0.717, 1.165) is 6.07 Å². The maximum atomic E-state index is 12.1. The van der Waals surface area contributed by atoms with Crippen molar-refractivity contribution in [3.8, 4) is 0 Å². The monoisotopic (exact) mass is 391 g/mol. The first-order valence-corrected chi connectivity index (χ1v) is 7.97. The lowest BCUT2D eigenvalue weighted by atomic mass is 10.2. The van der Waals surface area contributed by atoms with Crippen LogP contribution in [0.5, 0.6) is 0 Å². The summed E-state index contributed by atoms with van der Waals surface area (Å²) in [7, 11) is 0. The van der Waals surface area contributed by atoms with Gasteiger partial charge in [-0.1, -0.05) is 29.8 Å². The molecule has 0 saturated carbocycles. The Kier molecular flexibility index (Phi) is 6.45. The van der Waals surface area contributed by atoms with Gasteiger partial charge in [0.05, 0.1) is 10.5 Å². The number of amides is 3. The number of halogens is 1. The van der Waals surface area contributed by atoms with Crippen molar-refractivity contribution in [2.75, 3.05) is 5.32 Å². The van der Waals surface area contributed by atoms with Crippen LogP contribution in [0.4, 0.5) is 16.2 Å². The Balaban J connectivity index is 1.95. The fourth-order valence-corrected chi connectivity index (χ4v) is 2.15. The SMILES string of the molecule is CC(OC(=O)c1ccc(Cl)c([N+](=O)[O-])c1)C(=O)NC(=O)Nc1ccccc1. The molecule has 3 amide bonds. The Hall–Kier alpha value is -3.46. The minimum absolute atomic E-state index is 0.139. The summed E-state index contributed by atoms with van der Waals surface area (Å²) >= 11 is 5.67. The van der Waals surface area contributed by atoms with Gasteiger partial charge in [0.1, 0.15) is 5.02 Å². The number of hydrogen-bond donors (Lipinski definition) is 2. The third-order valence-corrected chi connectivity index (χ3v) is 3.62. The molecule has 0 aliphatic rings. The lowest BCUT2D eigenvalue weighted by molar-refractivity contribution is -0.384. The Morgan fingerprint density at radius 3 is 2.44 bits per heavy atom. The van der Waals surface area contributed by atoms with E-state index in [0.29, 0.717) is 5.69 Å². The summed E-state index contributed by atoms with van der Waals surface area (Å²) in [5.74, 6) is -1.83. The van der Waals surface area contributed by atoms with Crippen LogP contribution in [0.2, 0.25) is 5.02 Å². The van der Waals surface area contributed by atoms with Crippen LogP contribution in [0.3, 0.4) is 0 Å². The third-order valence-electron chi connectivity index (χ3n) is 3.30. The molecule has 2 aromatic carbocycles. The topological polar surface area (TPSA) is 128 Å². The van der Waals surface area contributed by atoms with Crippen LogP contribution in [0.25, 0.3) is 0 Å². The summed E-state index contributed by atoms with van der Waals surface area (Å²) < 4.78 is 4.93. The zero-order valence-corrected chi connectivity index (χ0v) is 14.7. The number of carbonyl (C=O) groups excluding carboxylic acids is 3. The number of nitro groups is 1. The quantitative estimate of drug-likeness (QED) is 0.457. The number of nitrogens with one attached hydrogen (secondary N) is 2. The molecule has 0 fully saturated rings. The van der Waals surface area contributed by atoms with Gasteiger partial charge in [-0.05, 0) is 31.2 Å². The van der Waals surface area contributed by atoms with Gasteiger partial charge < -0.3 is 10.1 Å². The molecule has 9 nitrogen and oxygen atoms in total. The van der Waals surface area contributed by atoms with Crippen LogP contribution in [-0.4, -0.2) is 28.9 Å². The molecule has 0 bridgehead atoms. The average Bonchev–Trinajstić information content (AvgIpc) is 2.62. The molecule has 0 radical (unpaired) electrons. The largest absolute Gasteiger partial charge is 0.449 e. The fraction of sp³-hybridized carbons (Fsp3) is 0.118. The number of benzene rings is 2. The molecular weight excluding hydrogens is 378 g/mol. The smallest absolute Gasteiger partial charge is 0.339 e. The maximum absolute atomic E-state index is 12.1. The van der Waals surface area contributed by atoms with E-state index in [1.54, 1.807) is 30.3 Å². The van der Waals surface area contributed by atoms with Crippen molar-refractivity contribution in [3.05, 3.63) is 69.2 Å². The minimum atomic E-state index is -1.31. The first-order valence-electron chi connectivity index (χ1n) is 7.59. The molecule has 1 atom stereocenters. The first-order chi connectivity index (χ1) is 12.8. The number of rotatable bonds is 5. The van der Waals surface area contributed by atoms with Gasteiger partial charge in [0.15, 0.2) is 6.10 Å². The van der Waals surface area contributed by atoms with Gasteiger partial charge in [0, 0.05) is 11.8 Å². The Labute approximate surface area is 158 Å². The lowest BCUT2D eigenvalue weighted by Gasteiger charge is -2.13. The minimum Gasteiger partial charge on any atom is -0.449 e. The Morgan fingerprint density at radius 1 is 1.15 bits per heavy atom. The maximum Gasteiger partial charge on any atom is 0.339 e. The van der Waals surface area contributed by atoms with E-state index in [1.165, 1.54) is 19.1 Å². The van der Waals surface area contributed by atoms with E-state index in [-0.39, 0.29) is 10.6 Å². The number of urea groups is 1. The normalized spacial score (nSPS) is 11.2. The molecule has 27 heavy (non-hydrogen) atoms. The lowest BCUT2D eigenvalue weighted by Crippen LogP contribution is -2.41. The fourth-order valence-electron chi connectivity index (χ4n) is 1.96. The summed E-state index contributed by atoms with van der Waals surface area (Å²) in [5.41, 5.74) is -0.147. The molecule has 0 aromatic heterocycles. The van der Waals surface area contributed by atoms with Crippen molar-refractivity contribution in [3.63, 3.8) is 0 Å². The number of hydrogen-bond acceptors (Lipinski definition) is 6. The number of para-hydroxylation sites is 1. The molecule has 0 aliphatic carbocycles. The van der Waals surface area contributed by atoms with Crippen LogP contribution in [0.1, 0.15) is 17.3 Å². The Bertz CT molecular complexity index is 887. The number of nitro benzene ring substituents is 1. The zero-order chi connectivity index (χ0) is 20.0. The molecule has 10 heteroatoms. The van der Waals surface area contributed by atoms with Gasteiger partial charge in [0.2, 0.25) is 0 Å². The van der Waals surface area contributed by atoms with Crippen LogP contribution in [0.15, 0.2) is 48.5 Å². The molecule has 2 N–H and O–H groups in total. The second-order valence-electron chi connectivity index (χ2n) is 5.28. The van der Waals surface area contributed by atoms with Crippen molar-refractivity contribution in [2.24, 2.45) is 0 Å². The summed E-state index contributed by atoms with van der Waals surface area (Å²) in [6.07, 6.45) is -1.31. The van der Waals surface area contributed by atoms with Crippen molar-refractivity contribution in [2.45, 2.75) is 13.0 Å². The highest BCUT2D eigenvalue weighted by atomic mass is 35.5. The first kappa shape index (κ1) is 19.9. The summed E-state index contributed by atoms with van der Waals surface area (Å²) in [6, 6.07) is 11.0. The van der Waals surface area contributed by atoms with Gasteiger partial charge in [-0.15, -0.1) is 0 Å². The third kappa shape index (κ3) is 5.51. The highest BCUT2D eigenvalue weighted by Crippen LogP contribution is 2.25. The van der Waals surface area contributed by atoms with Crippen molar-refractivity contribution < 1.29 is 24.0 Å². The van der Waals surface area contributed by atoms with Gasteiger partial charge in [-0.3, -0.25) is 20.2 Å². The van der Waals surface area contributed by atoms with E-state index >= 15 is 0 Å². The average molecular weight is 392 g/mol. The zero-order valence-electron chi connectivity index (χ0n) is 14.0. The van der Waals surface area contributed by atoms with Gasteiger partial charge in [-0.25, -0.2) is 9.59 Å². The molecule has 2 aromatic rings. The van der Waals surface area contributed by atoms with E-state index in [1.807, 2.05) is 5.32 Å². The second kappa shape index (κ2) is 8.77. The van der Waals surface area contributed by atoms with Crippen LogP contribution >= 0.6 is 11.6 Å². The molecule has 0 heterocycles.